The van der Waals surface area contributed by atoms with Gasteiger partial charge in [0.05, 0.1) is 5.56 Å². The minimum Gasteiger partial charge on any atom is -0.488 e. The number of ether oxygens (including phenoxy) is 2. The smallest absolute Gasteiger partial charge is 0.488 e. The van der Waals surface area contributed by atoms with Crippen LogP contribution < -0.4 is 8.92 Å². The van der Waals surface area contributed by atoms with Crippen LogP contribution in [0.25, 0.3) is 0 Å². The molecule has 0 radical (unpaired) electrons. The number of carbonyl (C=O) groups excluding carboxylic acids is 2. The first-order valence-corrected chi connectivity index (χ1v) is 10.2. The molecule has 0 heterocycles. The van der Waals surface area contributed by atoms with E-state index in [-0.39, 0.29) is 24.2 Å². The van der Waals surface area contributed by atoms with Crippen LogP contribution in [0, 0.1) is 0 Å². The number of alkyl halides is 3. The Hall–Kier alpha value is -3.08. The van der Waals surface area contributed by atoms with E-state index in [0.29, 0.717) is 11.6 Å². The minimum atomic E-state index is -6.11. The van der Waals surface area contributed by atoms with E-state index < -0.39 is 38.5 Å². The fourth-order valence-corrected chi connectivity index (χ4v) is 2.73. The van der Waals surface area contributed by atoms with Crippen LogP contribution in [0.15, 0.2) is 42.5 Å². The number of aldehydes is 1. The number of rotatable bonds is 7. The monoisotopic (exact) mass is 460 g/mol. The van der Waals surface area contributed by atoms with Gasteiger partial charge in [0.15, 0.2) is 12.0 Å². The van der Waals surface area contributed by atoms with E-state index in [1.165, 1.54) is 0 Å². The summed E-state index contributed by atoms with van der Waals surface area (Å²) in [5, 5.41) is 0. The van der Waals surface area contributed by atoms with Crippen LogP contribution in [0.4, 0.5) is 13.2 Å². The van der Waals surface area contributed by atoms with Crippen LogP contribution in [0.1, 0.15) is 47.1 Å². The van der Waals surface area contributed by atoms with Gasteiger partial charge in [-0.05, 0) is 38.5 Å². The van der Waals surface area contributed by atoms with Gasteiger partial charge in [0.25, 0.3) is 0 Å². The SMILES string of the molecule is CC(C)(C)OC(=O)c1cc(OCc2ccccc2)c(C=O)c(OS(=O)(=O)C(F)(F)F)c1. The molecule has 168 valence electrons. The molecule has 0 aromatic heterocycles. The first-order chi connectivity index (χ1) is 14.2. The van der Waals surface area contributed by atoms with Gasteiger partial charge in [-0.25, -0.2) is 4.79 Å². The zero-order valence-corrected chi connectivity index (χ0v) is 17.5. The fraction of sp³-hybridized carbons (Fsp3) is 0.300. The molecule has 11 heteroatoms. The van der Waals surface area contributed by atoms with Crippen LogP contribution in [-0.2, 0) is 21.5 Å². The molecule has 2 aromatic rings. The summed E-state index contributed by atoms with van der Waals surface area (Å²) in [6.07, 6.45) is 0.0699. The molecule has 0 aliphatic heterocycles. The van der Waals surface area contributed by atoms with Crippen LogP contribution in [0.2, 0.25) is 0 Å². The van der Waals surface area contributed by atoms with Crippen molar-refractivity contribution in [1.29, 1.82) is 0 Å². The predicted octanol–water partition coefficient (Wildman–Crippen LogP) is 4.26. The van der Waals surface area contributed by atoms with Crippen molar-refractivity contribution in [3.8, 4) is 11.5 Å². The third-order valence-corrected chi connectivity index (χ3v) is 4.54. The van der Waals surface area contributed by atoms with Gasteiger partial charge in [0.1, 0.15) is 23.5 Å². The van der Waals surface area contributed by atoms with Crippen molar-refractivity contribution in [3.05, 3.63) is 59.2 Å². The van der Waals surface area contributed by atoms with E-state index in [1.807, 2.05) is 0 Å². The average molecular weight is 460 g/mol. The Bertz CT molecular complexity index is 1060. The third-order valence-electron chi connectivity index (χ3n) is 3.58. The molecule has 0 saturated heterocycles. The zero-order chi connectivity index (χ0) is 23.4. The Kier molecular flexibility index (Phi) is 6.99. The molecule has 0 spiro atoms. The lowest BCUT2D eigenvalue weighted by molar-refractivity contribution is -0.0500. The number of hydrogen-bond acceptors (Lipinski definition) is 7. The van der Waals surface area contributed by atoms with Gasteiger partial charge in [-0.15, -0.1) is 0 Å². The van der Waals surface area contributed by atoms with Gasteiger partial charge >= 0.3 is 21.6 Å². The summed E-state index contributed by atoms with van der Waals surface area (Å²) in [5.74, 6) is -2.35. The fourth-order valence-electron chi connectivity index (χ4n) is 2.26. The Balaban J connectivity index is 2.54. The maximum Gasteiger partial charge on any atom is 0.534 e. The first-order valence-electron chi connectivity index (χ1n) is 8.77. The molecule has 0 bridgehead atoms. The highest BCUT2D eigenvalue weighted by atomic mass is 32.2. The molecule has 2 aromatic carbocycles. The molecule has 0 aliphatic rings. The Morgan fingerprint density at radius 2 is 1.61 bits per heavy atom. The molecule has 0 aliphatic carbocycles. The lowest BCUT2D eigenvalue weighted by Gasteiger charge is -2.21. The standard InChI is InChI=1S/C20H19F3O7S/c1-19(2,3)29-18(25)14-9-16(28-12-13-7-5-4-6-8-13)15(11-24)17(10-14)30-31(26,27)20(21,22)23/h4-11H,12H2,1-3H3. The molecule has 0 fully saturated rings. The second-order valence-corrected chi connectivity index (χ2v) is 8.80. The summed E-state index contributed by atoms with van der Waals surface area (Å²) < 4.78 is 76.1. The highest BCUT2D eigenvalue weighted by molar-refractivity contribution is 7.88. The van der Waals surface area contributed by atoms with Crippen molar-refractivity contribution in [1.82, 2.24) is 0 Å². The van der Waals surface area contributed by atoms with E-state index in [4.69, 9.17) is 9.47 Å². The molecule has 2 rings (SSSR count). The largest absolute Gasteiger partial charge is 0.534 e. The van der Waals surface area contributed by atoms with Crippen LogP contribution in [0.3, 0.4) is 0 Å². The summed E-state index contributed by atoms with van der Waals surface area (Å²) in [4.78, 5) is 24.0. The normalized spacial score (nSPS) is 12.2. The minimum absolute atomic E-state index is 0.0699. The summed E-state index contributed by atoms with van der Waals surface area (Å²) in [6.45, 7) is 4.56. The van der Waals surface area contributed by atoms with Gasteiger partial charge in [-0.3, -0.25) is 4.79 Å². The third kappa shape index (κ3) is 6.45. The van der Waals surface area contributed by atoms with Crippen molar-refractivity contribution in [2.24, 2.45) is 0 Å². The molecule has 7 nitrogen and oxygen atoms in total. The Morgan fingerprint density at radius 3 is 2.13 bits per heavy atom. The first kappa shape index (κ1) is 24.2. The Morgan fingerprint density at radius 1 is 1.03 bits per heavy atom. The number of hydrogen-bond donors (Lipinski definition) is 0. The predicted molar refractivity (Wildman–Crippen MR) is 103 cm³/mol. The summed E-state index contributed by atoms with van der Waals surface area (Å²) in [5.41, 5.74) is -7.04. The summed E-state index contributed by atoms with van der Waals surface area (Å²) >= 11 is 0. The molecule has 31 heavy (non-hydrogen) atoms. The van der Waals surface area contributed by atoms with E-state index in [9.17, 15) is 31.2 Å². The molecule has 0 saturated carbocycles. The van der Waals surface area contributed by atoms with E-state index >= 15 is 0 Å². The van der Waals surface area contributed by atoms with Crippen LogP contribution >= 0.6 is 0 Å². The van der Waals surface area contributed by atoms with Gasteiger partial charge in [-0.2, -0.15) is 21.6 Å². The summed E-state index contributed by atoms with van der Waals surface area (Å²) in [7, 11) is -6.11. The second kappa shape index (κ2) is 8.96. The van der Waals surface area contributed by atoms with Crippen molar-refractivity contribution in [3.63, 3.8) is 0 Å². The zero-order valence-electron chi connectivity index (χ0n) is 16.7. The van der Waals surface area contributed by atoms with E-state index in [1.54, 1.807) is 51.1 Å². The summed E-state index contributed by atoms with van der Waals surface area (Å²) in [6, 6.07) is 10.3. The van der Waals surface area contributed by atoms with Gasteiger partial charge in [0, 0.05) is 0 Å². The molecule has 0 atom stereocenters. The quantitative estimate of drug-likeness (QED) is 0.264. The number of esters is 1. The Labute approximate surface area is 176 Å². The van der Waals surface area contributed by atoms with E-state index in [2.05, 4.69) is 4.18 Å². The molecule has 0 N–H and O–H groups in total. The van der Waals surface area contributed by atoms with Gasteiger partial charge in [0.2, 0.25) is 0 Å². The molecular weight excluding hydrogens is 441 g/mol. The van der Waals surface area contributed by atoms with Crippen molar-refractivity contribution >= 4 is 22.4 Å². The second-order valence-electron chi connectivity index (χ2n) is 7.26. The highest BCUT2D eigenvalue weighted by Gasteiger charge is 2.49. The van der Waals surface area contributed by atoms with Gasteiger partial charge < -0.3 is 13.7 Å². The average Bonchev–Trinajstić information content (AvgIpc) is 2.64. The topological polar surface area (TPSA) is 96.0 Å². The maximum absolute atomic E-state index is 12.8. The highest BCUT2D eigenvalue weighted by Crippen LogP contribution is 2.35. The van der Waals surface area contributed by atoms with Gasteiger partial charge in [-0.1, -0.05) is 30.3 Å². The van der Waals surface area contributed by atoms with E-state index in [0.717, 1.165) is 6.07 Å². The van der Waals surface area contributed by atoms with Crippen molar-refractivity contribution in [2.75, 3.05) is 0 Å². The molecule has 0 unspecified atom stereocenters. The molecule has 0 amide bonds. The van der Waals surface area contributed by atoms with Crippen LogP contribution in [-0.4, -0.2) is 31.8 Å². The lowest BCUT2D eigenvalue weighted by atomic mass is 10.1. The van der Waals surface area contributed by atoms with Crippen molar-refractivity contribution < 1.29 is 44.8 Å². The maximum atomic E-state index is 12.8. The van der Waals surface area contributed by atoms with Crippen LogP contribution in [0.5, 0.6) is 11.5 Å². The number of halogens is 3. The number of benzene rings is 2. The van der Waals surface area contributed by atoms with Crippen molar-refractivity contribution in [2.45, 2.75) is 38.5 Å². The lowest BCUT2D eigenvalue weighted by Crippen LogP contribution is -2.28. The molecular formula is C20H19F3O7S. The number of carbonyl (C=O) groups is 2.